The van der Waals surface area contributed by atoms with E-state index in [9.17, 15) is 0 Å². The van der Waals surface area contributed by atoms with Gasteiger partial charge in [0.2, 0.25) is 0 Å². The van der Waals surface area contributed by atoms with Crippen molar-refractivity contribution in [1.29, 1.82) is 0 Å². The SMILES string of the molecule is CCNC(=NCc1ccccc1CN1CCOCC1)NCC1CCCN1C.I. The summed E-state index contributed by atoms with van der Waals surface area (Å²) in [4.78, 5) is 9.76. The molecule has 2 saturated heterocycles. The number of aliphatic imine (C=N–C) groups is 1. The van der Waals surface area contributed by atoms with Crippen LogP contribution >= 0.6 is 24.0 Å². The molecule has 2 heterocycles. The number of ether oxygens (including phenoxy) is 1. The number of hydrogen-bond donors (Lipinski definition) is 2. The Morgan fingerprint density at radius 1 is 1.14 bits per heavy atom. The number of rotatable bonds is 7. The third-order valence-electron chi connectivity index (χ3n) is 5.54. The van der Waals surface area contributed by atoms with Crippen molar-refractivity contribution in [3.63, 3.8) is 0 Å². The zero-order valence-corrected chi connectivity index (χ0v) is 19.7. The second kappa shape index (κ2) is 12.6. The van der Waals surface area contributed by atoms with E-state index in [4.69, 9.17) is 9.73 Å². The quantitative estimate of drug-likeness (QED) is 0.341. The molecule has 1 aromatic carbocycles. The van der Waals surface area contributed by atoms with E-state index >= 15 is 0 Å². The number of nitrogens with zero attached hydrogens (tertiary/aromatic N) is 3. The predicted molar refractivity (Wildman–Crippen MR) is 126 cm³/mol. The Balaban J connectivity index is 0.00000280. The molecule has 0 radical (unpaired) electrons. The Hall–Kier alpha value is -0.900. The van der Waals surface area contributed by atoms with Crippen LogP contribution in [0.5, 0.6) is 0 Å². The van der Waals surface area contributed by atoms with Gasteiger partial charge in [0, 0.05) is 38.8 Å². The first-order chi connectivity index (χ1) is 13.3. The fourth-order valence-electron chi connectivity index (χ4n) is 3.82. The van der Waals surface area contributed by atoms with Gasteiger partial charge in [0.25, 0.3) is 0 Å². The molecule has 0 aromatic heterocycles. The Morgan fingerprint density at radius 3 is 2.57 bits per heavy atom. The summed E-state index contributed by atoms with van der Waals surface area (Å²) in [5, 5.41) is 6.92. The third kappa shape index (κ3) is 7.17. The van der Waals surface area contributed by atoms with Gasteiger partial charge in [-0.2, -0.15) is 0 Å². The monoisotopic (exact) mass is 501 g/mol. The van der Waals surface area contributed by atoms with E-state index in [-0.39, 0.29) is 24.0 Å². The summed E-state index contributed by atoms with van der Waals surface area (Å²) in [5.41, 5.74) is 2.67. The van der Waals surface area contributed by atoms with Crippen molar-refractivity contribution in [2.24, 2.45) is 4.99 Å². The van der Waals surface area contributed by atoms with Crippen LogP contribution in [-0.4, -0.2) is 74.8 Å². The van der Waals surface area contributed by atoms with Gasteiger partial charge in [0.15, 0.2) is 5.96 Å². The molecule has 0 amide bonds. The normalized spacial score (nSPS) is 21.4. The molecule has 6 nitrogen and oxygen atoms in total. The van der Waals surface area contributed by atoms with Gasteiger partial charge in [0.1, 0.15) is 0 Å². The van der Waals surface area contributed by atoms with Crippen LogP contribution in [0, 0.1) is 0 Å². The lowest BCUT2D eigenvalue weighted by atomic mass is 10.1. The Kier molecular flexibility index (Phi) is 10.5. The first-order valence-electron chi connectivity index (χ1n) is 10.4. The summed E-state index contributed by atoms with van der Waals surface area (Å²) in [6.07, 6.45) is 2.57. The molecular weight excluding hydrogens is 465 g/mol. The van der Waals surface area contributed by atoms with Crippen LogP contribution in [0.15, 0.2) is 29.3 Å². The molecule has 2 aliphatic rings. The fraction of sp³-hybridized carbons (Fsp3) is 0.667. The average Bonchev–Trinajstić information content (AvgIpc) is 3.11. The number of guanidine groups is 1. The summed E-state index contributed by atoms with van der Waals surface area (Å²) in [7, 11) is 2.21. The van der Waals surface area contributed by atoms with E-state index < -0.39 is 0 Å². The van der Waals surface area contributed by atoms with Gasteiger partial charge in [0.05, 0.1) is 19.8 Å². The highest BCUT2D eigenvalue weighted by Crippen LogP contribution is 2.15. The van der Waals surface area contributed by atoms with E-state index in [1.54, 1.807) is 0 Å². The summed E-state index contributed by atoms with van der Waals surface area (Å²) >= 11 is 0. The standard InChI is InChI=1S/C21H35N5O.HI/c1-3-22-21(24-16-20-9-6-10-25(20)2)23-15-18-7-4-5-8-19(18)17-26-11-13-27-14-12-26;/h4-5,7-8,20H,3,6,9-17H2,1-2H3,(H2,22,23,24);1H. The maximum absolute atomic E-state index is 5.47. The van der Waals surface area contributed by atoms with E-state index in [1.807, 2.05) is 0 Å². The molecule has 1 aromatic rings. The number of benzene rings is 1. The van der Waals surface area contributed by atoms with Crippen LogP contribution in [0.4, 0.5) is 0 Å². The average molecular weight is 501 g/mol. The van der Waals surface area contributed by atoms with Crippen LogP contribution in [0.25, 0.3) is 0 Å². The van der Waals surface area contributed by atoms with Crippen LogP contribution in [-0.2, 0) is 17.8 Å². The second-order valence-corrected chi connectivity index (χ2v) is 7.51. The van der Waals surface area contributed by atoms with Gasteiger partial charge in [-0.05, 0) is 44.5 Å². The molecule has 3 rings (SSSR count). The minimum Gasteiger partial charge on any atom is -0.379 e. The third-order valence-corrected chi connectivity index (χ3v) is 5.54. The molecule has 28 heavy (non-hydrogen) atoms. The van der Waals surface area contributed by atoms with E-state index in [1.165, 1.54) is 30.5 Å². The van der Waals surface area contributed by atoms with Gasteiger partial charge in [-0.3, -0.25) is 4.90 Å². The Bertz CT molecular complexity index is 606. The van der Waals surface area contributed by atoms with Gasteiger partial charge in [-0.15, -0.1) is 24.0 Å². The summed E-state index contributed by atoms with van der Waals surface area (Å²) in [6.45, 7) is 10.5. The Morgan fingerprint density at radius 2 is 1.89 bits per heavy atom. The molecule has 1 atom stereocenters. The summed E-state index contributed by atoms with van der Waals surface area (Å²) < 4.78 is 5.47. The molecule has 158 valence electrons. The smallest absolute Gasteiger partial charge is 0.191 e. The van der Waals surface area contributed by atoms with E-state index in [2.05, 4.69) is 58.7 Å². The van der Waals surface area contributed by atoms with Crippen LogP contribution in [0.1, 0.15) is 30.9 Å². The zero-order valence-electron chi connectivity index (χ0n) is 17.3. The molecule has 2 N–H and O–H groups in total. The first-order valence-corrected chi connectivity index (χ1v) is 10.4. The lowest BCUT2D eigenvalue weighted by molar-refractivity contribution is 0.0341. The highest BCUT2D eigenvalue weighted by Gasteiger charge is 2.20. The van der Waals surface area contributed by atoms with Crippen molar-refractivity contribution in [3.05, 3.63) is 35.4 Å². The van der Waals surface area contributed by atoms with Crippen molar-refractivity contribution < 1.29 is 4.74 Å². The zero-order chi connectivity index (χ0) is 18.9. The van der Waals surface area contributed by atoms with Crippen molar-refractivity contribution in [3.8, 4) is 0 Å². The molecule has 2 aliphatic heterocycles. The number of halogens is 1. The van der Waals surface area contributed by atoms with Crippen molar-refractivity contribution >= 4 is 29.9 Å². The molecule has 0 aliphatic carbocycles. The molecular formula is C21H36IN5O. The number of likely N-dealkylation sites (tertiary alicyclic amines) is 1. The van der Waals surface area contributed by atoms with Crippen LogP contribution in [0.3, 0.4) is 0 Å². The van der Waals surface area contributed by atoms with Gasteiger partial charge in [-0.25, -0.2) is 4.99 Å². The minimum atomic E-state index is 0. The molecule has 2 fully saturated rings. The molecule has 7 heteroatoms. The second-order valence-electron chi connectivity index (χ2n) is 7.51. The lowest BCUT2D eigenvalue weighted by Crippen LogP contribution is -2.44. The molecule has 1 unspecified atom stereocenters. The number of nitrogens with one attached hydrogen (secondary N) is 2. The minimum absolute atomic E-state index is 0. The predicted octanol–water partition coefficient (Wildman–Crippen LogP) is 2.29. The summed E-state index contributed by atoms with van der Waals surface area (Å²) in [5.74, 6) is 0.916. The van der Waals surface area contributed by atoms with Gasteiger partial charge >= 0.3 is 0 Å². The lowest BCUT2D eigenvalue weighted by Gasteiger charge is -2.27. The van der Waals surface area contributed by atoms with Crippen LogP contribution in [0.2, 0.25) is 0 Å². The number of morpholine rings is 1. The maximum Gasteiger partial charge on any atom is 0.191 e. The fourth-order valence-corrected chi connectivity index (χ4v) is 3.82. The Labute approximate surface area is 187 Å². The number of hydrogen-bond acceptors (Lipinski definition) is 4. The topological polar surface area (TPSA) is 52.1 Å². The van der Waals surface area contributed by atoms with Crippen molar-refractivity contribution in [2.45, 2.75) is 38.9 Å². The van der Waals surface area contributed by atoms with E-state index in [0.717, 1.165) is 51.9 Å². The first kappa shape index (κ1) is 23.4. The largest absolute Gasteiger partial charge is 0.379 e. The van der Waals surface area contributed by atoms with Gasteiger partial charge < -0.3 is 20.3 Å². The molecule has 0 spiro atoms. The summed E-state index contributed by atoms with van der Waals surface area (Å²) in [6, 6.07) is 9.29. The molecule has 0 saturated carbocycles. The van der Waals surface area contributed by atoms with Gasteiger partial charge in [-0.1, -0.05) is 24.3 Å². The van der Waals surface area contributed by atoms with Crippen LogP contribution < -0.4 is 10.6 Å². The highest BCUT2D eigenvalue weighted by atomic mass is 127. The highest BCUT2D eigenvalue weighted by molar-refractivity contribution is 14.0. The van der Waals surface area contributed by atoms with Crippen molar-refractivity contribution in [1.82, 2.24) is 20.4 Å². The van der Waals surface area contributed by atoms with E-state index in [0.29, 0.717) is 12.6 Å². The maximum atomic E-state index is 5.47. The number of likely N-dealkylation sites (N-methyl/N-ethyl adjacent to an activating group) is 1. The van der Waals surface area contributed by atoms with Crippen molar-refractivity contribution in [2.75, 3.05) is 53.0 Å². The molecule has 0 bridgehead atoms.